The Labute approximate surface area is 187 Å². The van der Waals surface area contributed by atoms with Crippen molar-refractivity contribution < 1.29 is 8.42 Å². The molecule has 0 radical (unpaired) electrons. The monoisotopic (exact) mass is 444 g/mol. The maximum absolute atomic E-state index is 12.8. The fraction of sp³-hybridized carbons (Fsp3) is 0.160. The summed E-state index contributed by atoms with van der Waals surface area (Å²) in [6.45, 7) is 2.91. The van der Waals surface area contributed by atoms with Crippen molar-refractivity contribution in [1.82, 2.24) is 4.98 Å². The van der Waals surface area contributed by atoms with Gasteiger partial charge in [-0.3, -0.25) is 0 Å². The van der Waals surface area contributed by atoms with Crippen molar-refractivity contribution in [1.29, 1.82) is 0 Å². The van der Waals surface area contributed by atoms with Gasteiger partial charge in [-0.15, -0.1) is 0 Å². The van der Waals surface area contributed by atoms with Gasteiger partial charge in [-0.25, -0.2) is 13.4 Å². The molecule has 7 heteroatoms. The van der Waals surface area contributed by atoms with E-state index in [4.69, 9.17) is 10.7 Å². The summed E-state index contributed by atoms with van der Waals surface area (Å²) in [5.74, 6) is 0.787. The molecule has 1 aliphatic rings. The summed E-state index contributed by atoms with van der Waals surface area (Å²) in [5, 5.41) is 4.48. The van der Waals surface area contributed by atoms with Crippen molar-refractivity contribution in [2.75, 3.05) is 28.2 Å². The Morgan fingerprint density at radius 1 is 1.00 bits per heavy atom. The van der Waals surface area contributed by atoms with Crippen LogP contribution >= 0.6 is 0 Å². The van der Waals surface area contributed by atoms with E-state index in [1.165, 1.54) is 0 Å². The van der Waals surface area contributed by atoms with E-state index in [2.05, 4.69) is 11.4 Å². The molecule has 1 aliphatic heterocycles. The third-order valence-corrected chi connectivity index (χ3v) is 7.53. The molecule has 0 fully saturated rings. The van der Waals surface area contributed by atoms with Crippen LogP contribution in [0.4, 0.5) is 22.9 Å². The number of pyridine rings is 1. The number of nitrogens with two attached hydrogens (primary N) is 1. The molecule has 4 aromatic rings. The van der Waals surface area contributed by atoms with Gasteiger partial charge in [0, 0.05) is 35.9 Å². The Hall–Kier alpha value is -3.58. The smallest absolute Gasteiger partial charge is 0.180 e. The van der Waals surface area contributed by atoms with Gasteiger partial charge in [0.05, 0.1) is 21.9 Å². The molecular weight excluding hydrogens is 420 g/mol. The summed E-state index contributed by atoms with van der Waals surface area (Å²) in [6.07, 6.45) is 0. The first-order chi connectivity index (χ1) is 15.4. The van der Waals surface area contributed by atoms with Crippen LogP contribution in [0.5, 0.6) is 0 Å². The molecule has 6 nitrogen and oxygen atoms in total. The zero-order chi connectivity index (χ0) is 22.3. The number of nitrogens with zero attached hydrogens (tertiary/aromatic N) is 2. The van der Waals surface area contributed by atoms with Crippen molar-refractivity contribution >= 4 is 43.6 Å². The Kier molecular flexibility index (Phi) is 4.98. The number of hydrogen-bond donors (Lipinski definition) is 2. The Morgan fingerprint density at radius 2 is 1.84 bits per heavy atom. The van der Waals surface area contributed by atoms with E-state index in [0.717, 1.165) is 39.2 Å². The highest BCUT2D eigenvalue weighted by molar-refractivity contribution is 7.91. The second-order valence-electron chi connectivity index (χ2n) is 8.15. The molecule has 0 saturated carbocycles. The van der Waals surface area contributed by atoms with E-state index in [1.54, 1.807) is 12.1 Å². The van der Waals surface area contributed by atoms with Crippen molar-refractivity contribution in [2.45, 2.75) is 18.4 Å². The minimum atomic E-state index is -3.33. The van der Waals surface area contributed by atoms with Crippen molar-refractivity contribution in [2.24, 2.45) is 0 Å². The molecule has 2 heterocycles. The molecule has 0 atom stereocenters. The zero-order valence-electron chi connectivity index (χ0n) is 17.7. The maximum atomic E-state index is 12.8. The normalized spacial score (nSPS) is 15.2. The Bertz CT molecular complexity index is 1430. The van der Waals surface area contributed by atoms with Crippen molar-refractivity contribution in [3.05, 3.63) is 83.9 Å². The third-order valence-electron chi connectivity index (χ3n) is 5.74. The van der Waals surface area contributed by atoms with Crippen LogP contribution in [-0.2, 0) is 16.4 Å². The summed E-state index contributed by atoms with van der Waals surface area (Å²) < 4.78 is 25.6. The molecule has 3 aromatic carbocycles. The van der Waals surface area contributed by atoms with Gasteiger partial charge >= 0.3 is 0 Å². The van der Waals surface area contributed by atoms with Crippen LogP contribution < -0.4 is 16.0 Å². The number of anilines is 4. The topological polar surface area (TPSA) is 88.3 Å². The first-order valence-electron chi connectivity index (χ1n) is 10.5. The third kappa shape index (κ3) is 3.87. The SMILES string of the molecule is Cc1ccc2nc(N3CCS(=O)(=O)c4ccccc4C3)cc(Nc3cccc(N)c3)c2c1. The minimum absolute atomic E-state index is 0.0512. The minimum Gasteiger partial charge on any atom is -0.399 e. The summed E-state index contributed by atoms with van der Waals surface area (Å²) in [4.78, 5) is 7.34. The molecule has 0 saturated heterocycles. The van der Waals surface area contributed by atoms with Gasteiger partial charge in [0.15, 0.2) is 9.84 Å². The van der Waals surface area contributed by atoms with Crippen LogP contribution in [0.25, 0.3) is 10.9 Å². The Balaban J connectivity index is 1.61. The van der Waals surface area contributed by atoms with Crippen LogP contribution in [0.1, 0.15) is 11.1 Å². The van der Waals surface area contributed by atoms with Crippen molar-refractivity contribution in [3.63, 3.8) is 0 Å². The molecule has 0 aliphatic carbocycles. The van der Waals surface area contributed by atoms with Gasteiger partial charge in [-0.2, -0.15) is 0 Å². The molecule has 0 spiro atoms. The number of sulfone groups is 1. The standard InChI is InChI=1S/C25H24N4O2S/c1-17-9-10-22-21(13-17)23(27-20-7-4-6-19(26)14-20)15-25(28-22)29-11-12-32(30,31)24-8-3-2-5-18(24)16-29/h2-10,13-15H,11-12,16,26H2,1H3,(H,27,28). The molecule has 1 aromatic heterocycles. The highest BCUT2D eigenvalue weighted by Crippen LogP contribution is 2.33. The van der Waals surface area contributed by atoms with Crippen LogP contribution in [-0.4, -0.2) is 25.7 Å². The number of aromatic nitrogens is 1. The highest BCUT2D eigenvalue weighted by Gasteiger charge is 2.26. The molecule has 32 heavy (non-hydrogen) atoms. The second kappa shape index (κ2) is 7.84. The van der Waals surface area contributed by atoms with Gasteiger partial charge in [-0.05, 0) is 48.9 Å². The lowest BCUT2D eigenvalue weighted by atomic mass is 10.1. The van der Waals surface area contributed by atoms with Crippen LogP contribution in [0.3, 0.4) is 0 Å². The number of aryl methyl sites for hydroxylation is 1. The largest absolute Gasteiger partial charge is 0.399 e. The fourth-order valence-electron chi connectivity index (χ4n) is 4.12. The van der Waals surface area contributed by atoms with E-state index in [-0.39, 0.29) is 5.75 Å². The average molecular weight is 445 g/mol. The molecular formula is C25H24N4O2S. The number of nitrogen functional groups attached to an aromatic ring is 1. The van der Waals surface area contributed by atoms with Crippen molar-refractivity contribution in [3.8, 4) is 0 Å². The summed E-state index contributed by atoms with van der Waals surface area (Å²) >= 11 is 0. The van der Waals surface area contributed by atoms with Crippen LogP contribution in [0.2, 0.25) is 0 Å². The lowest BCUT2D eigenvalue weighted by Crippen LogP contribution is -2.26. The van der Waals surface area contributed by atoms with Gasteiger partial charge in [0.1, 0.15) is 5.82 Å². The molecule has 0 unspecified atom stereocenters. The first-order valence-corrected chi connectivity index (χ1v) is 12.1. The van der Waals surface area contributed by atoms with E-state index in [0.29, 0.717) is 23.7 Å². The highest BCUT2D eigenvalue weighted by atomic mass is 32.2. The average Bonchev–Trinajstić information content (AvgIpc) is 2.90. The van der Waals surface area contributed by atoms with Gasteiger partial charge in [-0.1, -0.05) is 35.9 Å². The molecule has 0 bridgehead atoms. The molecule has 5 rings (SSSR count). The van der Waals surface area contributed by atoms with E-state index in [9.17, 15) is 8.42 Å². The van der Waals surface area contributed by atoms with E-state index >= 15 is 0 Å². The lowest BCUT2D eigenvalue weighted by molar-refractivity contribution is 0.596. The van der Waals surface area contributed by atoms with Gasteiger partial charge in [0.25, 0.3) is 0 Å². The summed E-state index contributed by atoms with van der Waals surface area (Å²) in [6, 6.07) is 22.9. The lowest BCUT2D eigenvalue weighted by Gasteiger charge is -2.23. The quantitative estimate of drug-likeness (QED) is 0.447. The van der Waals surface area contributed by atoms with Gasteiger partial charge in [0.2, 0.25) is 0 Å². The van der Waals surface area contributed by atoms with E-state index in [1.807, 2.05) is 66.4 Å². The molecule has 162 valence electrons. The molecule has 0 amide bonds. The predicted molar refractivity (Wildman–Crippen MR) is 130 cm³/mol. The summed E-state index contributed by atoms with van der Waals surface area (Å²) in [7, 11) is -3.33. The maximum Gasteiger partial charge on any atom is 0.180 e. The summed E-state index contributed by atoms with van der Waals surface area (Å²) in [5.41, 5.74) is 11.2. The first kappa shape index (κ1) is 20.3. The van der Waals surface area contributed by atoms with Crippen LogP contribution in [0, 0.1) is 6.92 Å². The molecule has 3 N–H and O–H groups in total. The number of fused-ring (bicyclic) bond motifs is 2. The number of hydrogen-bond acceptors (Lipinski definition) is 6. The zero-order valence-corrected chi connectivity index (χ0v) is 18.6. The number of rotatable bonds is 3. The van der Waals surface area contributed by atoms with Gasteiger partial charge < -0.3 is 16.0 Å². The Morgan fingerprint density at radius 3 is 2.69 bits per heavy atom. The predicted octanol–water partition coefficient (Wildman–Crippen LogP) is 4.66. The number of benzene rings is 3. The fourth-order valence-corrected chi connectivity index (χ4v) is 5.62. The number of nitrogens with one attached hydrogen (secondary N) is 1. The van der Waals surface area contributed by atoms with Crippen LogP contribution in [0.15, 0.2) is 77.7 Å². The van der Waals surface area contributed by atoms with E-state index < -0.39 is 9.84 Å². The second-order valence-corrected chi connectivity index (χ2v) is 10.2.